The van der Waals surface area contributed by atoms with Crippen molar-refractivity contribution in [3.8, 4) is 0 Å². The highest BCUT2D eigenvalue weighted by molar-refractivity contribution is 6.23. The molecule has 56 heavy (non-hydrogen) atoms. The lowest BCUT2D eigenvalue weighted by atomic mass is 9.85. The van der Waals surface area contributed by atoms with Gasteiger partial charge in [-0.1, -0.05) is 38.2 Å². The van der Waals surface area contributed by atoms with Gasteiger partial charge in [-0.25, -0.2) is 4.79 Å². The predicted molar refractivity (Wildman–Crippen MR) is 198 cm³/mol. The first-order valence-electron chi connectivity index (χ1n) is 18.4. The van der Waals surface area contributed by atoms with E-state index in [0.29, 0.717) is 5.57 Å². The Kier molecular flexibility index (Phi) is 18.5. The predicted octanol–water partition coefficient (Wildman–Crippen LogP) is -0.815. The molecule has 3 rings (SSSR count). The number of ether oxygens (including phenoxy) is 6. The molecule has 9 N–H and O–H groups in total. The fourth-order valence-corrected chi connectivity index (χ4v) is 6.56. The lowest BCUT2D eigenvalue weighted by molar-refractivity contribution is -0.302. The van der Waals surface area contributed by atoms with Crippen molar-refractivity contribution < 1.29 is 73.1 Å². The molecule has 1 aliphatic carbocycles. The Labute approximate surface area is 326 Å². The molecule has 2 aliphatic heterocycles. The van der Waals surface area contributed by atoms with Gasteiger partial charge >= 0.3 is 6.09 Å². The molecule has 1 fully saturated rings. The van der Waals surface area contributed by atoms with Gasteiger partial charge in [-0.3, -0.25) is 14.4 Å². The monoisotopic (exact) mass is 795 g/mol. The molecule has 2 unspecified atom stereocenters. The third kappa shape index (κ3) is 12.6. The van der Waals surface area contributed by atoms with Crippen molar-refractivity contribution in [2.75, 3.05) is 47.2 Å². The molecule has 0 aromatic rings. The second-order valence-corrected chi connectivity index (χ2v) is 14.0. The van der Waals surface area contributed by atoms with Crippen LogP contribution in [-0.2, 0) is 42.8 Å². The molecule has 2 heterocycles. The van der Waals surface area contributed by atoms with E-state index in [9.17, 15) is 44.7 Å². The van der Waals surface area contributed by atoms with Crippen LogP contribution in [0.15, 0.2) is 58.5 Å². The molecule has 0 saturated carbocycles. The number of hydrogen-bond acceptors (Lipinski definition) is 16. The van der Waals surface area contributed by atoms with E-state index in [4.69, 9.17) is 34.2 Å². The van der Waals surface area contributed by atoms with Crippen LogP contribution < -0.4 is 16.4 Å². The lowest BCUT2D eigenvalue weighted by Crippen LogP contribution is -2.59. The highest BCUT2D eigenvalue weighted by Crippen LogP contribution is 2.29. The fourth-order valence-electron chi connectivity index (χ4n) is 6.56. The number of Topliss-reactive ketones (excluding diaryl/α,β-unsaturated/α-hetero) is 1. The summed E-state index contributed by atoms with van der Waals surface area (Å²) in [5.74, 6) is -2.60. The summed E-state index contributed by atoms with van der Waals surface area (Å²) in [5, 5.41) is 56.3. The third-order valence-corrected chi connectivity index (χ3v) is 9.70. The van der Waals surface area contributed by atoms with Gasteiger partial charge in [0.05, 0.1) is 50.0 Å². The number of fused-ring (bicyclic) bond motifs is 2. The average molecular weight is 796 g/mol. The number of allylic oxidation sites excluding steroid dienone is 4. The summed E-state index contributed by atoms with van der Waals surface area (Å²) in [4.78, 5) is 52.4. The van der Waals surface area contributed by atoms with E-state index in [2.05, 4.69) is 10.6 Å². The number of carbonyl (C=O) groups is 4. The molecule has 3 aliphatic rings. The molecule has 0 aromatic heterocycles. The van der Waals surface area contributed by atoms with E-state index in [1.807, 2.05) is 6.92 Å². The number of ketones is 2. The van der Waals surface area contributed by atoms with E-state index < -0.39 is 91.2 Å². The lowest BCUT2D eigenvalue weighted by Gasteiger charge is -2.39. The third-order valence-electron chi connectivity index (χ3n) is 9.70. The first-order valence-corrected chi connectivity index (χ1v) is 18.4. The van der Waals surface area contributed by atoms with Gasteiger partial charge in [0, 0.05) is 43.9 Å². The maximum absolute atomic E-state index is 13.9. The molecular formula is C38H57N3O15. The van der Waals surface area contributed by atoms with E-state index in [0.717, 1.165) is 6.08 Å². The maximum atomic E-state index is 13.9. The van der Waals surface area contributed by atoms with Crippen molar-refractivity contribution in [2.45, 2.75) is 95.7 Å². The highest BCUT2D eigenvalue weighted by Gasteiger charge is 2.44. The molecule has 0 spiro atoms. The van der Waals surface area contributed by atoms with E-state index in [1.54, 1.807) is 26.0 Å². The van der Waals surface area contributed by atoms with E-state index in [1.165, 1.54) is 33.3 Å². The minimum absolute atomic E-state index is 0.00345. The van der Waals surface area contributed by atoms with Crippen molar-refractivity contribution in [3.05, 3.63) is 58.5 Å². The van der Waals surface area contributed by atoms with Crippen molar-refractivity contribution in [1.82, 2.24) is 10.6 Å². The molecule has 0 aromatic carbocycles. The summed E-state index contributed by atoms with van der Waals surface area (Å²) in [6.07, 6.45) is -4.02. The standard InChI is InChI=1S/C38H57N3O15/c1-19-14-23-29(40-10-11-53-12-13-54-37-34(48)33(47)32(46)28(18-42)55-37)25(43)17-24(31(23)45)41-36(49)20(2)8-7-9-26(51-5)35(56-38(39)50)22(4)16-21(3)30(44)27(15-19)52-6/h7-9,16-17,19,21,26-28,30,32-35,37,40,42,44,46-48H,10-15,18H2,1-6H3,(H2,39,50)(H,41,49)/b9-7-,20-8+,22-16+/t19-,21?,26?,27+,28+,30-,32+,33+,34+,35+,37-/m1/s1. The Morgan fingerprint density at radius 3 is 2.36 bits per heavy atom. The molecular weight excluding hydrogens is 738 g/mol. The normalized spacial score (nSPS) is 35.1. The Bertz CT molecular complexity index is 1540. The van der Waals surface area contributed by atoms with Gasteiger partial charge in [0.1, 0.15) is 30.5 Å². The molecule has 1 saturated heterocycles. The maximum Gasteiger partial charge on any atom is 0.405 e. The fraction of sp³-hybridized carbons (Fsp3) is 0.632. The molecule has 2 bridgehead atoms. The number of methoxy groups -OCH3 is 2. The van der Waals surface area contributed by atoms with Gasteiger partial charge in [-0.2, -0.15) is 0 Å². The number of aliphatic hydroxyl groups is 5. The van der Waals surface area contributed by atoms with Crippen LogP contribution >= 0.6 is 0 Å². The van der Waals surface area contributed by atoms with Crippen molar-refractivity contribution in [2.24, 2.45) is 17.6 Å². The number of nitrogens with one attached hydrogen (secondary N) is 2. The quantitative estimate of drug-likeness (QED) is 0.0681. The zero-order valence-electron chi connectivity index (χ0n) is 32.6. The largest absolute Gasteiger partial charge is 0.439 e. The number of nitrogens with two attached hydrogens (primary N) is 1. The van der Waals surface area contributed by atoms with Crippen LogP contribution in [-0.4, -0.2) is 151 Å². The smallest absolute Gasteiger partial charge is 0.405 e. The van der Waals surface area contributed by atoms with Gasteiger partial charge in [0.15, 0.2) is 12.4 Å². The highest BCUT2D eigenvalue weighted by atomic mass is 16.7. The van der Waals surface area contributed by atoms with Gasteiger partial charge in [0.25, 0.3) is 5.91 Å². The van der Waals surface area contributed by atoms with Crippen LogP contribution in [0.3, 0.4) is 0 Å². The van der Waals surface area contributed by atoms with Gasteiger partial charge in [-0.15, -0.1) is 0 Å². The number of rotatable bonds is 12. The first kappa shape index (κ1) is 46.6. The molecule has 2 amide bonds. The van der Waals surface area contributed by atoms with Gasteiger partial charge < -0.3 is 70.3 Å². The molecule has 314 valence electrons. The van der Waals surface area contributed by atoms with Gasteiger partial charge in [0.2, 0.25) is 11.6 Å². The number of primary amides is 1. The second-order valence-electron chi connectivity index (χ2n) is 14.0. The van der Waals surface area contributed by atoms with Crippen LogP contribution in [0.5, 0.6) is 0 Å². The minimum atomic E-state index is -1.58. The zero-order valence-corrected chi connectivity index (χ0v) is 32.6. The summed E-state index contributed by atoms with van der Waals surface area (Å²) in [7, 11) is 2.86. The second kappa shape index (κ2) is 22.2. The Morgan fingerprint density at radius 2 is 1.71 bits per heavy atom. The topological polar surface area (TPSA) is 275 Å². The van der Waals surface area contributed by atoms with E-state index >= 15 is 0 Å². The Morgan fingerprint density at radius 1 is 1.00 bits per heavy atom. The van der Waals surface area contributed by atoms with Crippen LogP contribution in [0, 0.1) is 11.8 Å². The Balaban J connectivity index is 1.81. The number of carbonyl (C=O) groups excluding carboxylic acids is 4. The SMILES string of the molecule is COC1/C=C\C=C(/C)C(=O)NC2=CC(=O)C(NCCOCCO[C@@H]3O[C@@H](CO)[C@H](O)[C@H](O)[C@@H]3O)=C(C[C@@H](C)C[C@H](OC)[C@H](O)C(C)/C=C(\C)[C@@H]1OC(N)=O)C2=O. The average Bonchev–Trinajstić information content (AvgIpc) is 3.16. The van der Waals surface area contributed by atoms with Crippen molar-refractivity contribution in [3.63, 3.8) is 0 Å². The summed E-state index contributed by atoms with van der Waals surface area (Å²) in [6.45, 7) is 6.28. The minimum Gasteiger partial charge on any atom is -0.439 e. The van der Waals surface area contributed by atoms with Crippen LogP contribution in [0.4, 0.5) is 4.79 Å². The summed E-state index contributed by atoms with van der Waals surface area (Å²) >= 11 is 0. The van der Waals surface area contributed by atoms with E-state index in [-0.39, 0.29) is 67.7 Å². The zero-order chi connectivity index (χ0) is 41.7. The first-order chi connectivity index (χ1) is 26.5. The molecule has 11 atom stereocenters. The number of aliphatic hydroxyl groups excluding tert-OH is 5. The van der Waals surface area contributed by atoms with Crippen molar-refractivity contribution >= 4 is 23.6 Å². The molecule has 18 nitrogen and oxygen atoms in total. The number of hydrogen-bond donors (Lipinski definition) is 8. The van der Waals surface area contributed by atoms with Crippen LogP contribution in [0.2, 0.25) is 0 Å². The van der Waals surface area contributed by atoms with Gasteiger partial charge in [-0.05, 0) is 38.2 Å². The van der Waals surface area contributed by atoms with Crippen LogP contribution in [0.1, 0.15) is 40.5 Å². The summed E-state index contributed by atoms with van der Waals surface area (Å²) in [5.41, 5.74) is 6.02. The van der Waals surface area contributed by atoms with Crippen LogP contribution in [0.25, 0.3) is 0 Å². The summed E-state index contributed by atoms with van der Waals surface area (Å²) < 4.78 is 32.9. The van der Waals surface area contributed by atoms with Crippen molar-refractivity contribution in [1.29, 1.82) is 0 Å². The Hall–Kier alpha value is -3.82. The number of amides is 2. The molecule has 18 heteroatoms. The summed E-state index contributed by atoms with van der Waals surface area (Å²) in [6, 6.07) is 0. The molecule has 0 radical (unpaired) electrons.